The zero-order valence-electron chi connectivity index (χ0n) is 10.1. The Balaban J connectivity index is 2.04. The number of halogens is 1. The van der Waals surface area contributed by atoms with Gasteiger partial charge in [-0.05, 0) is 43.5 Å². The van der Waals surface area contributed by atoms with Crippen molar-refractivity contribution >= 4 is 34.7 Å². The van der Waals surface area contributed by atoms with Crippen LogP contribution in [-0.4, -0.2) is 35.5 Å². The van der Waals surface area contributed by atoms with Crippen LogP contribution in [0.5, 0.6) is 0 Å². The average Bonchev–Trinajstić information content (AvgIpc) is 2.75. The Morgan fingerprint density at radius 1 is 1.41 bits per heavy atom. The van der Waals surface area contributed by atoms with Gasteiger partial charge in [-0.2, -0.15) is 11.8 Å². The van der Waals surface area contributed by atoms with E-state index in [1.54, 1.807) is 11.3 Å². The number of likely N-dealkylation sites (N-methyl/N-ethyl adjacent to an activating group) is 1. The molecule has 0 atom stereocenters. The van der Waals surface area contributed by atoms with Crippen LogP contribution in [-0.2, 0) is 6.54 Å². The van der Waals surface area contributed by atoms with Crippen LogP contribution in [0, 0.1) is 0 Å². The van der Waals surface area contributed by atoms with Crippen molar-refractivity contribution in [3.8, 4) is 0 Å². The summed E-state index contributed by atoms with van der Waals surface area (Å²) in [5.74, 6) is 2.46. The van der Waals surface area contributed by atoms with Gasteiger partial charge >= 0.3 is 0 Å². The van der Waals surface area contributed by atoms with Gasteiger partial charge in [0.2, 0.25) is 0 Å². The Hall–Kier alpha value is 0.260. The van der Waals surface area contributed by atoms with Gasteiger partial charge in [0.1, 0.15) is 0 Å². The molecule has 17 heavy (non-hydrogen) atoms. The molecule has 0 radical (unpaired) electrons. The number of nitrogens with zero attached hydrogens (tertiary/aromatic N) is 1. The smallest absolute Gasteiger partial charge is 0.0931 e. The van der Waals surface area contributed by atoms with E-state index in [4.69, 9.17) is 17.3 Å². The van der Waals surface area contributed by atoms with Crippen molar-refractivity contribution in [2.75, 3.05) is 25.1 Å². The molecule has 2 nitrogen and oxygen atoms in total. The van der Waals surface area contributed by atoms with Crippen molar-refractivity contribution in [1.82, 2.24) is 4.90 Å². The second-order valence-corrected chi connectivity index (χ2v) is 7.63. The lowest BCUT2D eigenvalue weighted by atomic mass is 9.90. The van der Waals surface area contributed by atoms with Gasteiger partial charge in [0.05, 0.1) is 4.34 Å². The van der Waals surface area contributed by atoms with Crippen LogP contribution in [0.25, 0.3) is 0 Å². The van der Waals surface area contributed by atoms with E-state index in [1.807, 2.05) is 17.8 Å². The molecule has 0 amide bonds. The van der Waals surface area contributed by atoms with E-state index in [0.29, 0.717) is 0 Å². The summed E-state index contributed by atoms with van der Waals surface area (Å²) in [5.41, 5.74) is 6.22. The molecule has 1 aliphatic heterocycles. The maximum atomic E-state index is 6.02. The molecule has 1 aromatic heterocycles. The van der Waals surface area contributed by atoms with E-state index >= 15 is 0 Å². The molecule has 1 aromatic rings. The lowest BCUT2D eigenvalue weighted by Gasteiger charge is -2.43. The normalized spacial score (nSPS) is 19.8. The summed E-state index contributed by atoms with van der Waals surface area (Å²) in [6, 6.07) is 4.09. The third-order valence-electron chi connectivity index (χ3n) is 3.64. The highest BCUT2D eigenvalue weighted by atomic mass is 35.5. The molecule has 0 spiro atoms. The number of thiophene rings is 1. The van der Waals surface area contributed by atoms with Gasteiger partial charge in [0.15, 0.2) is 0 Å². The summed E-state index contributed by atoms with van der Waals surface area (Å²) in [5, 5.41) is 0. The molecule has 2 N–H and O–H groups in total. The SMILES string of the molecule is CN(Cc1ccc(Cl)s1)C1(CN)CCSCC1. The van der Waals surface area contributed by atoms with E-state index in [1.165, 1.54) is 29.2 Å². The highest BCUT2D eigenvalue weighted by Crippen LogP contribution is 2.33. The minimum atomic E-state index is 0.196. The summed E-state index contributed by atoms with van der Waals surface area (Å²) in [4.78, 5) is 3.75. The highest BCUT2D eigenvalue weighted by molar-refractivity contribution is 7.99. The number of hydrogen-bond donors (Lipinski definition) is 1. The molecular weight excluding hydrogens is 272 g/mol. The topological polar surface area (TPSA) is 29.3 Å². The number of thioether (sulfide) groups is 1. The fraction of sp³-hybridized carbons (Fsp3) is 0.667. The Morgan fingerprint density at radius 3 is 2.65 bits per heavy atom. The molecular formula is C12H19ClN2S2. The van der Waals surface area contributed by atoms with Gasteiger partial charge in [0.25, 0.3) is 0 Å². The van der Waals surface area contributed by atoms with Crippen LogP contribution in [0.2, 0.25) is 4.34 Å². The molecule has 0 saturated carbocycles. The van der Waals surface area contributed by atoms with Crippen LogP contribution in [0.4, 0.5) is 0 Å². The minimum absolute atomic E-state index is 0.196. The van der Waals surface area contributed by atoms with Crippen LogP contribution < -0.4 is 5.73 Å². The molecule has 1 fully saturated rings. The van der Waals surface area contributed by atoms with Crippen LogP contribution >= 0.6 is 34.7 Å². The van der Waals surface area contributed by atoms with Crippen molar-refractivity contribution in [3.05, 3.63) is 21.3 Å². The van der Waals surface area contributed by atoms with Crippen LogP contribution in [0.3, 0.4) is 0 Å². The van der Waals surface area contributed by atoms with Gasteiger partial charge in [0, 0.05) is 23.5 Å². The van der Waals surface area contributed by atoms with Crippen molar-refractivity contribution in [3.63, 3.8) is 0 Å². The van der Waals surface area contributed by atoms with E-state index in [0.717, 1.165) is 17.4 Å². The molecule has 5 heteroatoms. The van der Waals surface area contributed by atoms with Crippen molar-refractivity contribution in [2.24, 2.45) is 5.73 Å². The van der Waals surface area contributed by atoms with E-state index < -0.39 is 0 Å². The van der Waals surface area contributed by atoms with Crippen molar-refractivity contribution < 1.29 is 0 Å². The maximum absolute atomic E-state index is 6.02. The van der Waals surface area contributed by atoms with Crippen LogP contribution in [0.1, 0.15) is 17.7 Å². The average molecular weight is 291 g/mol. The number of hydrogen-bond acceptors (Lipinski definition) is 4. The molecule has 1 saturated heterocycles. The quantitative estimate of drug-likeness (QED) is 0.924. The molecule has 2 heterocycles. The predicted octanol–water partition coefficient (Wildman–Crippen LogP) is 3.06. The summed E-state index contributed by atoms with van der Waals surface area (Å²) in [6.07, 6.45) is 2.40. The fourth-order valence-electron chi connectivity index (χ4n) is 2.33. The highest BCUT2D eigenvalue weighted by Gasteiger charge is 2.34. The third kappa shape index (κ3) is 3.18. The Labute approximate surface area is 117 Å². The first-order valence-corrected chi connectivity index (χ1v) is 8.24. The zero-order chi connectivity index (χ0) is 12.3. The Bertz CT molecular complexity index is 361. The summed E-state index contributed by atoms with van der Waals surface area (Å²) < 4.78 is 0.870. The van der Waals surface area contributed by atoms with E-state index in [9.17, 15) is 0 Å². The minimum Gasteiger partial charge on any atom is -0.329 e. The molecule has 0 aliphatic carbocycles. The van der Waals surface area contributed by atoms with Gasteiger partial charge in [-0.15, -0.1) is 11.3 Å². The monoisotopic (exact) mass is 290 g/mol. The second kappa shape index (κ2) is 5.93. The lowest BCUT2D eigenvalue weighted by Crippen LogP contribution is -2.53. The van der Waals surface area contributed by atoms with Gasteiger partial charge in [-0.3, -0.25) is 4.90 Å². The van der Waals surface area contributed by atoms with E-state index in [-0.39, 0.29) is 5.54 Å². The number of nitrogens with two attached hydrogens (primary N) is 1. The first-order chi connectivity index (χ1) is 8.16. The molecule has 96 valence electrons. The lowest BCUT2D eigenvalue weighted by molar-refractivity contribution is 0.109. The van der Waals surface area contributed by atoms with Gasteiger partial charge in [-0.25, -0.2) is 0 Å². The third-order valence-corrected chi connectivity index (χ3v) is 5.84. The summed E-state index contributed by atoms with van der Waals surface area (Å²) in [6.45, 7) is 1.71. The molecule has 1 aliphatic rings. The Morgan fingerprint density at radius 2 is 2.12 bits per heavy atom. The summed E-state index contributed by atoms with van der Waals surface area (Å²) >= 11 is 9.68. The predicted molar refractivity (Wildman–Crippen MR) is 79.1 cm³/mol. The maximum Gasteiger partial charge on any atom is 0.0931 e. The fourth-order valence-corrected chi connectivity index (χ4v) is 4.73. The summed E-state index contributed by atoms with van der Waals surface area (Å²) in [7, 11) is 2.19. The zero-order valence-corrected chi connectivity index (χ0v) is 12.5. The molecule has 0 aromatic carbocycles. The van der Waals surface area contributed by atoms with Crippen molar-refractivity contribution in [1.29, 1.82) is 0 Å². The van der Waals surface area contributed by atoms with Gasteiger partial charge < -0.3 is 5.73 Å². The first kappa shape index (κ1) is 13.7. The molecule has 0 bridgehead atoms. The van der Waals surface area contributed by atoms with Gasteiger partial charge in [-0.1, -0.05) is 11.6 Å². The van der Waals surface area contributed by atoms with E-state index in [2.05, 4.69) is 18.0 Å². The molecule has 2 rings (SSSR count). The first-order valence-electron chi connectivity index (χ1n) is 5.89. The van der Waals surface area contributed by atoms with Crippen LogP contribution in [0.15, 0.2) is 12.1 Å². The largest absolute Gasteiger partial charge is 0.329 e. The molecule has 0 unspecified atom stereocenters. The number of rotatable bonds is 4. The standard InChI is InChI=1S/C12H19ClN2S2/c1-15(8-10-2-3-11(13)17-10)12(9-14)4-6-16-7-5-12/h2-3H,4-9,14H2,1H3. The Kier molecular flexibility index (Phi) is 4.78. The van der Waals surface area contributed by atoms with Crippen molar-refractivity contribution in [2.45, 2.75) is 24.9 Å². The second-order valence-electron chi connectivity index (χ2n) is 4.60.